The third kappa shape index (κ3) is 5.37. The molecule has 172 valence electrons. The Kier molecular flexibility index (Phi) is 7.22. The summed E-state index contributed by atoms with van der Waals surface area (Å²) in [5.74, 6) is -0.233. The number of aryl methyl sites for hydroxylation is 2. The summed E-state index contributed by atoms with van der Waals surface area (Å²) in [4.78, 5) is 18.1. The van der Waals surface area contributed by atoms with Gasteiger partial charge in [-0.05, 0) is 55.0 Å². The number of pyridine rings is 1. The molecule has 0 amide bonds. The average Bonchev–Trinajstić information content (AvgIpc) is 2.76. The third-order valence-corrected chi connectivity index (χ3v) is 6.13. The van der Waals surface area contributed by atoms with E-state index in [1.165, 1.54) is 24.8 Å². The molecule has 2 aromatic rings. The predicted molar refractivity (Wildman–Crippen MR) is 119 cm³/mol. The lowest BCUT2D eigenvalue weighted by Gasteiger charge is -2.43. The first kappa shape index (κ1) is 22.5. The number of carboxylic acids is 1. The molecule has 32 heavy (non-hydrogen) atoms. The lowest BCUT2D eigenvalue weighted by molar-refractivity contribution is -0.140. The summed E-state index contributed by atoms with van der Waals surface area (Å²) in [5, 5.41) is 12.7. The van der Waals surface area contributed by atoms with Gasteiger partial charge in [0, 0.05) is 38.0 Å². The Balaban J connectivity index is 1.24. The molecule has 2 aliphatic heterocycles. The first-order valence-corrected chi connectivity index (χ1v) is 11.2. The number of carbonyl (C=O) groups is 1. The molecule has 4 rings (SSSR count). The van der Waals surface area contributed by atoms with Crippen LogP contribution in [0.25, 0.3) is 0 Å². The van der Waals surface area contributed by atoms with Crippen molar-refractivity contribution in [2.75, 3.05) is 38.7 Å². The number of nitrogens with one attached hydrogen (secondary N) is 1. The average molecular weight is 444 g/mol. The highest BCUT2D eigenvalue weighted by atomic mass is 19.1. The SMILES string of the molecule is COc1ccc([C@@H](CC(=O)O)N2CC(OCCCc3ccc4c(n3)NCCC4)C2)cc1F. The Labute approximate surface area is 187 Å². The second-order valence-electron chi connectivity index (χ2n) is 8.40. The molecule has 0 radical (unpaired) electrons. The van der Waals surface area contributed by atoms with Crippen LogP contribution in [0, 0.1) is 5.82 Å². The molecular weight excluding hydrogens is 413 g/mol. The number of rotatable bonds is 10. The Morgan fingerprint density at radius 1 is 1.34 bits per heavy atom. The number of likely N-dealkylation sites (tertiary alicyclic amines) is 1. The van der Waals surface area contributed by atoms with Crippen LogP contribution in [-0.2, 0) is 22.4 Å². The molecule has 0 aliphatic carbocycles. The van der Waals surface area contributed by atoms with Gasteiger partial charge in [-0.2, -0.15) is 0 Å². The summed E-state index contributed by atoms with van der Waals surface area (Å²) in [6.07, 6.45) is 3.95. The fourth-order valence-corrected chi connectivity index (χ4v) is 4.35. The van der Waals surface area contributed by atoms with E-state index in [4.69, 9.17) is 14.5 Å². The zero-order valence-corrected chi connectivity index (χ0v) is 18.3. The van der Waals surface area contributed by atoms with Crippen molar-refractivity contribution in [2.45, 2.75) is 44.2 Å². The first-order valence-electron chi connectivity index (χ1n) is 11.2. The molecule has 1 aromatic heterocycles. The number of halogens is 1. The highest BCUT2D eigenvalue weighted by molar-refractivity contribution is 5.68. The van der Waals surface area contributed by atoms with Crippen LogP contribution in [0.5, 0.6) is 5.75 Å². The number of hydrogen-bond donors (Lipinski definition) is 2. The Morgan fingerprint density at radius 3 is 2.94 bits per heavy atom. The van der Waals surface area contributed by atoms with E-state index in [0.29, 0.717) is 25.3 Å². The van der Waals surface area contributed by atoms with Crippen LogP contribution in [0.1, 0.15) is 42.1 Å². The molecule has 2 aliphatic rings. The van der Waals surface area contributed by atoms with Crippen molar-refractivity contribution < 1.29 is 23.8 Å². The minimum atomic E-state index is -0.914. The zero-order chi connectivity index (χ0) is 22.5. The predicted octanol–water partition coefficient (Wildman–Crippen LogP) is 3.44. The summed E-state index contributed by atoms with van der Waals surface area (Å²) >= 11 is 0. The van der Waals surface area contributed by atoms with Crippen molar-refractivity contribution in [3.63, 3.8) is 0 Å². The molecule has 0 saturated carbocycles. The van der Waals surface area contributed by atoms with Gasteiger partial charge < -0.3 is 19.9 Å². The quantitative estimate of drug-likeness (QED) is 0.544. The largest absolute Gasteiger partial charge is 0.494 e. The van der Waals surface area contributed by atoms with E-state index in [0.717, 1.165) is 43.7 Å². The number of fused-ring (bicyclic) bond motifs is 1. The highest BCUT2D eigenvalue weighted by Crippen LogP contribution is 2.32. The van der Waals surface area contributed by atoms with Gasteiger partial charge in [-0.1, -0.05) is 12.1 Å². The third-order valence-electron chi connectivity index (χ3n) is 6.13. The van der Waals surface area contributed by atoms with Gasteiger partial charge in [0.25, 0.3) is 0 Å². The molecule has 7 nitrogen and oxygen atoms in total. The van der Waals surface area contributed by atoms with Gasteiger partial charge in [-0.25, -0.2) is 9.37 Å². The first-order chi connectivity index (χ1) is 15.5. The number of carboxylic acid groups (broad SMARTS) is 1. The number of nitrogens with zero attached hydrogens (tertiary/aromatic N) is 2. The monoisotopic (exact) mass is 443 g/mol. The minimum absolute atomic E-state index is 0.0625. The van der Waals surface area contributed by atoms with Crippen LogP contribution in [0.2, 0.25) is 0 Å². The summed E-state index contributed by atoms with van der Waals surface area (Å²) < 4.78 is 25.1. The normalized spacial score (nSPS) is 17.2. The number of benzene rings is 1. The van der Waals surface area contributed by atoms with Crippen molar-refractivity contribution in [2.24, 2.45) is 0 Å². The van der Waals surface area contributed by atoms with Crippen LogP contribution in [-0.4, -0.2) is 60.4 Å². The van der Waals surface area contributed by atoms with Crippen LogP contribution in [0.4, 0.5) is 10.2 Å². The molecule has 1 saturated heterocycles. The van der Waals surface area contributed by atoms with Crippen molar-refractivity contribution in [3.8, 4) is 5.75 Å². The van der Waals surface area contributed by atoms with E-state index in [9.17, 15) is 14.3 Å². The smallest absolute Gasteiger partial charge is 0.305 e. The van der Waals surface area contributed by atoms with E-state index < -0.39 is 11.8 Å². The second-order valence-corrected chi connectivity index (χ2v) is 8.40. The van der Waals surface area contributed by atoms with Gasteiger partial charge >= 0.3 is 5.97 Å². The molecule has 1 fully saturated rings. The maximum Gasteiger partial charge on any atom is 0.305 e. The van der Waals surface area contributed by atoms with E-state index in [1.54, 1.807) is 6.07 Å². The van der Waals surface area contributed by atoms with Gasteiger partial charge in [-0.15, -0.1) is 0 Å². The van der Waals surface area contributed by atoms with Crippen LogP contribution >= 0.6 is 0 Å². The zero-order valence-electron chi connectivity index (χ0n) is 18.3. The number of anilines is 1. The molecule has 1 aromatic carbocycles. The van der Waals surface area contributed by atoms with Gasteiger partial charge in [0.2, 0.25) is 0 Å². The fourth-order valence-electron chi connectivity index (χ4n) is 4.35. The standard InChI is InChI=1S/C24H30FN3O4/c1-31-22-9-7-17(12-20(22)25)21(13-23(29)30)28-14-19(15-28)32-11-3-5-18-8-6-16-4-2-10-26-24(16)27-18/h6-9,12,19,21H,2-5,10-11,13-15H2,1H3,(H,26,27)(H,29,30)/t21-/m1/s1. The molecule has 1 atom stereocenters. The molecule has 0 bridgehead atoms. The number of aliphatic carboxylic acids is 1. The second kappa shape index (κ2) is 10.3. The molecule has 0 unspecified atom stereocenters. The van der Waals surface area contributed by atoms with E-state index in [-0.39, 0.29) is 24.3 Å². The van der Waals surface area contributed by atoms with E-state index in [1.807, 2.05) is 4.90 Å². The van der Waals surface area contributed by atoms with Crippen molar-refractivity contribution >= 4 is 11.8 Å². The van der Waals surface area contributed by atoms with Gasteiger partial charge in [-0.3, -0.25) is 9.69 Å². The Hall–Kier alpha value is -2.71. The summed E-state index contributed by atoms with van der Waals surface area (Å²) in [6, 6.07) is 8.50. The summed E-state index contributed by atoms with van der Waals surface area (Å²) in [6.45, 7) is 2.88. The van der Waals surface area contributed by atoms with Crippen molar-refractivity contribution in [1.82, 2.24) is 9.88 Å². The van der Waals surface area contributed by atoms with Gasteiger partial charge in [0.15, 0.2) is 11.6 Å². The molecular formula is C24H30FN3O4. The van der Waals surface area contributed by atoms with E-state index in [2.05, 4.69) is 17.4 Å². The Bertz CT molecular complexity index is 949. The molecule has 3 heterocycles. The minimum Gasteiger partial charge on any atom is -0.494 e. The number of hydrogen-bond acceptors (Lipinski definition) is 6. The lowest BCUT2D eigenvalue weighted by atomic mass is 9.97. The van der Waals surface area contributed by atoms with Crippen LogP contribution in [0.15, 0.2) is 30.3 Å². The number of aromatic nitrogens is 1. The van der Waals surface area contributed by atoms with E-state index >= 15 is 0 Å². The molecule has 0 spiro atoms. The molecule has 2 N–H and O–H groups in total. The van der Waals surface area contributed by atoms with Crippen molar-refractivity contribution in [1.29, 1.82) is 0 Å². The lowest BCUT2D eigenvalue weighted by Crippen LogP contribution is -2.53. The topological polar surface area (TPSA) is 83.9 Å². The maximum absolute atomic E-state index is 14.1. The molecule has 8 heteroatoms. The summed E-state index contributed by atoms with van der Waals surface area (Å²) in [5.41, 5.74) is 3.00. The summed E-state index contributed by atoms with van der Waals surface area (Å²) in [7, 11) is 1.41. The Morgan fingerprint density at radius 2 is 2.19 bits per heavy atom. The number of ether oxygens (including phenoxy) is 2. The van der Waals surface area contributed by atoms with Crippen LogP contribution < -0.4 is 10.1 Å². The van der Waals surface area contributed by atoms with Gasteiger partial charge in [0.05, 0.1) is 19.6 Å². The van der Waals surface area contributed by atoms with Crippen LogP contribution in [0.3, 0.4) is 0 Å². The maximum atomic E-state index is 14.1. The highest BCUT2D eigenvalue weighted by Gasteiger charge is 2.35. The fraction of sp³-hybridized carbons (Fsp3) is 0.500. The van der Waals surface area contributed by atoms with Gasteiger partial charge in [0.1, 0.15) is 5.82 Å². The number of methoxy groups -OCH3 is 1. The van der Waals surface area contributed by atoms with Crippen molar-refractivity contribution in [3.05, 3.63) is 53.0 Å².